The van der Waals surface area contributed by atoms with E-state index >= 15 is 0 Å². The highest BCUT2D eigenvalue weighted by Crippen LogP contribution is 2.50. The minimum atomic E-state index is 1.17. The lowest BCUT2D eigenvalue weighted by Crippen LogP contribution is -1.98. The van der Waals surface area contributed by atoms with Crippen molar-refractivity contribution < 1.29 is 0 Å². The molecule has 10 aromatic carbocycles. The fourth-order valence-electron chi connectivity index (χ4n) is 10.2. The first kappa shape index (κ1) is 31.5. The van der Waals surface area contributed by atoms with Gasteiger partial charge in [0.15, 0.2) is 0 Å². The second-order valence-electron chi connectivity index (χ2n) is 15.6. The third-order valence-corrected chi connectivity index (χ3v) is 12.7. The summed E-state index contributed by atoms with van der Waals surface area (Å²) in [4.78, 5) is 0. The van der Waals surface area contributed by atoms with Gasteiger partial charge in [-0.1, -0.05) is 164 Å². The van der Waals surface area contributed by atoms with Gasteiger partial charge >= 0.3 is 0 Å². The SMILES string of the molecule is c1ccc(-n2c3ccccc3c3cc(-c4ccc5c6ccc7ccccc7c6n(-c6ccccc6-c6ccc7c8c(cccc68)-c6ccccc6-7)c5c4)ccc32)cc1. The molecule has 0 saturated heterocycles. The zero-order valence-electron chi connectivity index (χ0n) is 31.5. The number of nitrogens with zero attached hydrogens (tertiary/aromatic N) is 2. The Hall–Kier alpha value is -7.68. The Kier molecular flexibility index (Phi) is 6.47. The molecule has 1 aliphatic rings. The van der Waals surface area contributed by atoms with Crippen LogP contribution in [-0.4, -0.2) is 9.13 Å². The van der Waals surface area contributed by atoms with Gasteiger partial charge in [-0.15, -0.1) is 0 Å². The van der Waals surface area contributed by atoms with Crippen LogP contribution in [0.15, 0.2) is 206 Å². The highest BCUT2D eigenvalue weighted by Gasteiger charge is 2.24. The van der Waals surface area contributed by atoms with Crippen LogP contribution in [0.25, 0.3) is 121 Å². The second kappa shape index (κ2) is 11.9. The van der Waals surface area contributed by atoms with Gasteiger partial charge in [-0.05, 0) is 97.6 Å². The Bertz CT molecular complexity index is 3650. The van der Waals surface area contributed by atoms with E-state index in [9.17, 15) is 0 Å². The first-order valence-corrected chi connectivity index (χ1v) is 20.1. The third kappa shape index (κ3) is 4.32. The van der Waals surface area contributed by atoms with Crippen LogP contribution in [0.5, 0.6) is 0 Å². The number of para-hydroxylation sites is 3. The van der Waals surface area contributed by atoms with Gasteiger partial charge in [0.1, 0.15) is 0 Å². The van der Waals surface area contributed by atoms with Crippen molar-refractivity contribution in [2.75, 3.05) is 0 Å². The summed E-state index contributed by atoms with van der Waals surface area (Å²) in [6, 6.07) is 76.3. The molecule has 268 valence electrons. The maximum atomic E-state index is 2.55. The average molecular weight is 735 g/mol. The van der Waals surface area contributed by atoms with Gasteiger partial charge < -0.3 is 9.13 Å². The van der Waals surface area contributed by atoms with Crippen molar-refractivity contribution in [2.24, 2.45) is 0 Å². The summed E-state index contributed by atoms with van der Waals surface area (Å²) in [6.07, 6.45) is 0. The summed E-state index contributed by atoms with van der Waals surface area (Å²) >= 11 is 0. The van der Waals surface area contributed by atoms with Crippen LogP contribution < -0.4 is 0 Å². The summed E-state index contributed by atoms with van der Waals surface area (Å²) in [6.45, 7) is 0. The van der Waals surface area contributed by atoms with E-state index in [1.54, 1.807) is 0 Å². The molecule has 2 nitrogen and oxygen atoms in total. The molecule has 12 aromatic rings. The van der Waals surface area contributed by atoms with E-state index in [1.165, 1.54) is 121 Å². The lowest BCUT2D eigenvalue weighted by Gasteiger charge is -2.17. The van der Waals surface area contributed by atoms with E-state index in [0.717, 1.165) is 0 Å². The number of benzene rings is 10. The predicted octanol–water partition coefficient (Wildman–Crippen LogP) is 15.2. The number of hydrogen-bond donors (Lipinski definition) is 0. The van der Waals surface area contributed by atoms with E-state index in [4.69, 9.17) is 0 Å². The van der Waals surface area contributed by atoms with Crippen LogP contribution in [0.2, 0.25) is 0 Å². The maximum absolute atomic E-state index is 2.55. The Labute approximate surface area is 335 Å². The minimum absolute atomic E-state index is 1.17. The molecule has 0 fully saturated rings. The van der Waals surface area contributed by atoms with Gasteiger partial charge in [-0.2, -0.15) is 0 Å². The van der Waals surface area contributed by atoms with Crippen LogP contribution in [0.4, 0.5) is 0 Å². The van der Waals surface area contributed by atoms with Crippen molar-refractivity contribution in [1.82, 2.24) is 9.13 Å². The first-order chi connectivity index (χ1) is 28.8. The van der Waals surface area contributed by atoms with E-state index in [2.05, 4.69) is 215 Å². The van der Waals surface area contributed by atoms with Gasteiger partial charge in [-0.3, -0.25) is 0 Å². The molecule has 0 atom stereocenters. The van der Waals surface area contributed by atoms with Crippen LogP contribution in [0.3, 0.4) is 0 Å². The quantitative estimate of drug-likeness (QED) is 0.170. The van der Waals surface area contributed by atoms with Crippen LogP contribution in [0, 0.1) is 0 Å². The third-order valence-electron chi connectivity index (χ3n) is 12.7. The molecule has 0 radical (unpaired) electrons. The van der Waals surface area contributed by atoms with Crippen molar-refractivity contribution >= 4 is 65.2 Å². The molecule has 0 unspecified atom stereocenters. The normalized spacial score (nSPS) is 12.1. The monoisotopic (exact) mass is 734 g/mol. The molecule has 0 N–H and O–H groups in total. The van der Waals surface area contributed by atoms with E-state index in [1.807, 2.05) is 0 Å². The van der Waals surface area contributed by atoms with Crippen LogP contribution >= 0.6 is 0 Å². The fourth-order valence-corrected chi connectivity index (χ4v) is 10.2. The van der Waals surface area contributed by atoms with Gasteiger partial charge in [0, 0.05) is 38.2 Å². The van der Waals surface area contributed by atoms with Gasteiger partial charge in [0.25, 0.3) is 0 Å². The standard InChI is InChI=1S/C56H34N2/c1-2-14-38(15-3-1)57-51-23-10-9-20-44(51)50-33-36(27-32-53(50)57)37-26-28-45-49-29-25-35-13-4-5-16-39(35)56(49)58(54(45)34-37)52-24-11-8-19-43(52)42-30-31-48-41-18-7-6-17-40(41)46-21-12-22-47(42)55(46)48/h1-34H. The summed E-state index contributed by atoms with van der Waals surface area (Å²) in [5, 5.41) is 10.1. The predicted molar refractivity (Wildman–Crippen MR) is 245 cm³/mol. The number of rotatable bonds is 4. The molecular formula is C56H34N2. The second-order valence-corrected chi connectivity index (χ2v) is 15.6. The largest absolute Gasteiger partial charge is 0.309 e. The lowest BCUT2D eigenvalue weighted by atomic mass is 9.93. The van der Waals surface area contributed by atoms with Crippen molar-refractivity contribution in [3.05, 3.63) is 206 Å². The van der Waals surface area contributed by atoms with Crippen molar-refractivity contribution in [3.8, 4) is 55.9 Å². The average Bonchev–Trinajstić information content (AvgIpc) is 3.93. The molecule has 58 heavy (non-hydrogen) atoms. The Balaban J connectivity index is 1.08. The highest BCUT2D eigenvalue weighted by molar-refractivity contribution is 6.21. The molecule has 0 spiro atoms. The van der Waals surface area contributed by atoms with Gasteiger partial charge in [0.05, 0.1) is 27.8 Å². The zero-order chi connectivity index (χ0) is 37.9. The molecule has 2 aromatic heterocycles. The molecule has 0 amide bonds. The molecule has 1 aliphatic carbocycles. The highest BCUT2D eigenvalue weighted by atomic mass is 15.0. The Morgan fingerprint density at radius 2 is 0.879 bits per heavy atom. The molecule has 0 aliphatic heterocycles. The van der Waals surface area contributed by atoms with E-state index < -0.39 is 0 Å². The van der Waals surface area contributed by atoms with Crippen molar-refractivity contribution in [3.63, 3.8) is 0 Å². The number of aromatic nitrogens is 2. The van der Waals surface area contributed by atoms with Gasteiger partial charge in [0.2, 0.25) is 0 Å². The smallest absolute Gasteiger partial charge is 0.0619 e. The summed E-state index contributed by atoms with van der Waals surface area (Å²) in [5.74, 6) is 0. The molecular weight excluding hydrogens is 701 g/mol. The molecule has 2 heteroatoms. The maximum Gasteiger partial charge on any atom is 0.0619 e. The minimum Gasteiger partial charge on any atom is -0.309 e. The van der Waals surface area contributed by atoms with Crippen LogP contribution in [-0.2, 0) is 0 Å². The zero-order valence-corrected chi connectivity index (χ0v) is 31.5. The fraction of sp³-hybridized carbons (Fsp3) is 0. The summed E-state index contributed by atoms with van der Waals surface area (Å²) in [7, 11) is 0. The van der Waals surface area contributed by atoms with E-state index in [0.29, 0.717) is 0 Å². The topological polar surface area (TPSA) is 9.86 Å². The summed E-state index contributed by atoms with van der Waals surface area (Å²) in [5.41, 5.74) is 17.3. The Morgan fingerprint density at radius 1 is 0.276 bits per heavy atom. The first-order valence-electron chi connectivity index (χ1n) is 20.1. The molecule has 0 bridgehead atoms. The van der Waals surface area contributed by atoms with Crippen molar-refractivity contribution in [1.29, 1.82) is 0 Å². The molecule has 0 saturated carbocycles. The Morgan fingerprint density at radius 3 is 1.76 bits per heavy atom. The van der Waals surface area contributed by atoms with Crippen molar-refractivity contribution in [2.45, 2.75) is 0 Å². The summed E-state index contributed by atoms with van der Waals surface area (Å²) < 4.78 is 4.93. The number of fused-ring (bicyclic) bond motifs is 11. The van der Waals surface area contributed by atoms with Crippen LogP contribution in [0.1, 0.15) is 0 Å². The van der Waals surface area contributed by atoms with Gasteiger partial charge in [-0.25, -0.2) is 0 Å². The molecule has 2 heterocycles. The number of hydrogen-bond acceptors (Lipinski definition) is 0. The van der Waals surface area contributed by atoms with E-state index in [-0.39, 0.29) is 0 Å². The lowest BCUT2D eigenvalue weighted by molar-refractivity contribution is 1.18. The molecule has 13 rings (SSSR count).